The molecule has 110 valence electrons. The average Bonchev–Trinajstić information content (AvgIpc) is 2.43. The van der Waals surface area contributed by atoms with E-state index in [0.717, 1.165) is 36.6 Å². The van der Waals surface area contributed by atoms with Crippen LogP contribution < -0.4 is 15.5 Å². The van der Waals surface area contributed by atoms with E-state index in [1.807, 2.05) is 20.9 Å². The number of hydrogen-bond acceptors (Lipinski definition) is 5. The standard InChI is InChI=1S/C14H23N5O/c1-5-6-10-11(15-4)17-9-18-12(10)19-8-7-16-13(20)14(19,2)3/h9H,5-8H2,1-4H3,(H,16,20)(H,15,17,18). The third-order valence-electron chi connectivity index (χ3n) is 3.77. The van der Waals surface area contributed by atoms with Gasteiger partial charge in [-0.15, -0.1) is 0 Å². The fraction of sp³-hybridized carbons (Fsp3) is 0.643. The zero-order valence-corrected chi connectivity index (χ0v) is 12.7. The summed E-state index contributed by atoms with van der Waals surface area (Å²) in [6.07, 6.45) is 3.46. The van der Waals surface area contributed by atoms with Crippen LogP contribution in [0, 0.1) is 0 Å². The number of nitrogens with zero attached hydrogens (tertiary/aromatic N) is 3. The van der Waals surface area contributed by atoms with E-state index in [1.54, 1.807) is 6.33 Å². The van der Waals surface area contributed by atoms with Gasteiger partial charge < -0.3 is 15.5 Å². The summed E-state index contributed by atoms with van der Waals surface area (Å²) in [4.78, 5) is 22.9. The Bertz CT molecular complexity index is 500. The number of aromatic nitrogens is 2. The van der Waals surface area contributed by atoms with Gasteiger partial charge in [-0.3, -0.25) is 4.79 Å². The van der Waals surface area contributed by atoms with Crippen molar-refractivity contribution in [1.82, 2.24) is 15.3 Å². The molecule has 2 heterocycles. The second kappa shape index (κ2) is 5.64. The highest BCUT2D eigenvalue weighted by molar-refractivity contribution is 5.90. The minimum atomic E-state index is -0.597. The molecule has 0 spiro atoms. The van der Waals surface area contributed by atoms with E-state index in [2.05, 4.69) is 32.4 Å². The Balaban J connectivity index is 2.48. The van der Waals surface area contributed by atoms with Gasteiger partial charge in [-0.1, -0.05) is 13.3 Å². The molecule has 0 atom stereocenters. The van der Waals surface area contributed by atoms with Crippen molar-refractivity contribution in [3.8, 4) is 0 Å². The number of hydrogen-bond donors (Lipinski definition) is 2. The average molecular weight is 277 g/mol. The largest absolute Gasteiger partial charge is 0.373 e. The summed E-state index contributed by atoms with van der Waals surface area (Å²) in [5.41, 5.74) is 0.486. The summed E-state index contributed by atoms with van der Waals surface area (Å²) in [6.45, 7) is 7.39. The van der Waals surface area contributed by atoms with Crippen molar-refractivity contribution in [1.29, 1.82) is 0 Å². The van der Waals surface area contributed by atoms with E-state index in [9.17, 15) is 4.79 Å². The molecular formula is C14H23N5O. The normalized spacial score (nSPS) is 17.8. The van der Waals surface area contributed by atoms with E-state index >= 15 is 0 Å². The molecule has 0 aliphatic carbocycles. The molecule has 2 rings (SSSR count). The van der Waals surface area contributed by atoms with Crippen molar-refractivity contribution in [2.45, 2.75) is 39.2 Å². The Morgan fingerprint density at radius 2 is 2.20 bits per heavy atom. The van der Waals surface area contributed by atoms with Crippen molar-refractivity contribution in [2.24, 2.45) is 0 Å². The number of rotatable bonds is 4. The Kier molecular flexibility index (Phi) is 4.11. The molecule has 1 fully saturated rings. The Labute approximate surface area is 120 Å². The van der Waals surface area contributed by atoms with Crippen LogP contribution in [0.4, 0.5) is 11.6 Å². The molecule has 6 nitrogen and oxygen atoms in total. The lowest BCUT2D eigenvalue weighted by molar-refractivity contribution is -0.126. The van der Waals surface area contributed by atoms with Crippen LogP contribution in [0.15, 0.2) is 6.33 Å². The van der Waals surface area contributed by atoms with Gasteiger partial charge in [-0.05, 0) is 20.3 Å². The lowest BCUT2D eigenvalue weighted by atomic mass is 9.97. The quantitative estimate of drug-likeness (QED) is 0.865. The number of carbonyl (C=O) groups excluding carboxylic acids is 1. The molecule has 0 saturated carbocycles. The maximum absolute atomic E-state index is 12.1. The van der Waals surface area contributed by atoms with Crippen LogP contribution in [0.1, 0.15) is 32.8 Å². The predicted molar refractivity (Wildman–Crippen MR) is 80.0 cm³/mol. The molecule has 2 N–H and O–H groups in total. The predicted octanol–water partition coefficient (Wildman–Crippen LogP) is 1.19. The van der Waals surface area contributed by atoms with Crippen LogP contribution in [-0.2, 0) is 11.2 Å². The molecule has 1 aliphatic heterocycles. The molecule has 1 aliphatic rings. The van der Waals surface area contributed by atoms with Gasteiger partial charge in [-0.25, -0.2) is 9.97 Å². The Hall–Kier alpha value is -1.85. The molecule has 1 saturated heterocycles. The van der Waals surface area contributed by atoms with Gasteiger partial charge in [-0.2, -0.15) is 0 Å². The van der Waals surface area contributed by atoms with Gasteiger partial charge in [0.15, 0.2) is 0 Å². The van der Waals surface area contributed by atoms with Crippen molar-refractivity contribution in [3.05, 3.63) is 11.9 Å². The molecule has 0 aromatic carbocycles. The molecule has 1 amide bonds. The molecule has 6 heteroatoms. The Morgan fingerprint density at radius 3 is 2.85 bits per heavy atom. The van der Waals surface area contributed by atoms with Gasteiger partial charge in [0.25, 0.3) is 0 Å². The zero-order chi connectivity index (χ0) is 14.8. The molecule has 1 aromatic rings. The van der Waals surface area contributed by atoms with Gasteiger partial charge in [0, 0.05) is 25.7 Å². The molecule has 20 heavy (non-hydrogen) atoms. The lowest BCUT2D eigenvalue weighted by Gasteiger charge is -2.42. The SMILES string of the molecule is CCCc1c(NC)ncnc1N1CCNC(=O)C1(C)C. The van der Waals surface area contributed by atoms with E-state index in [0.29, 0.717) is 6.54 Å². The summed E-state index contributed by atoms with van der Waals surface area (Å²) in [6, 6.07) is 0. The Morgan fingerprint density at radius 1 is 1.45 bits per heavy atom. The second-order valence-electron chi connectivity index (χ2n) is 5.49. The van der Waals surface area contributed by atoms with Gasteiger partial charge in [0.05, 0.1) is 0 Å². The van der Waals surface area contributed by atoms with E-state index < -0.39 is 5.54 Å². The van der Waals surface area contributed by atoms with Crippen molar-refractivity contribution in [3.63, 3.8) is 0 Å². The fourth-order valence-corrected chi connectivity index (χ4v) is 2.60. The van der Waals surface area contributed by atoms with Crippen LogP contribution in [0.2, 0.25) is 0 Å². The van der Waals surface area contributed by atoms with Gasteiger partial charge in [0.1, 0.15) is 23.5 Å². The van der Waals surface area contributed by atoms with Crippen LogP contribution in [0.3, 0.4) is 0 Å². The van der Waals surface area contributed by atoms with E-state index in [-0.39, 0.29) is 5.91 Å². The summed E-state index contributed by atoms with van der Waals surface area (Å²) >= 11 is 0. The van der Waals surface area contributed by atoms with Crippen molar-refractivity contribution >= 4 is 17.5 Å². The van der Waals surface area contributed by atoms with Crippen molar-refractivity contribution < 1.29 is 4.79 Å². The highest BCUT2D eigenvalue weighted by atomic mass is 16.2. The third-order valence-corrected chi connectivity index (χ3v) is 3.77. The first-order valence-corrected chi connectivity index (χ1v) is 7.10. The summed E-state index contributed by atoms with van der Waals surface area (Å²) < 4.78 is 0. The smallest absolute Gasteiger partial charge is 0.245 e. The minimum Gasteiger partial charge on any atom is -0.373 e. The monoisotopic (exact) mass is 277 g/mol. The fourth-order valence-electron chi connectivity index (χ4n) is 2.60. The first kappa shape index (κ1) is 14.6. The van der Waals surface area contributed by atoms with Crippen LogP contribution in [0.5, 0.6) is 0 Å². The first-order valence-electron chi connectivity index (χ1n) is 7.10. The first-order chi connectivity index (χ1) is 9.52. The second-order valence-corrected chi connectivity index (χ2v) is 5.49. The van der Waals surface area contributed by atoms with E-state index in [4.69, 9.17) is 0 Å². The number of nitrogens with one attached hydrogen (secondary N) is 2. The number of piperazine rings is 1. The summed E-state index contributed by atoms with van der Waals surface area (Å²) in [7, 11) is 1.86. The highest BCUT2D eigenvalue weighted by Crippen LogP contribution is 2.30. The van der Waals surface area contributed by atoms with Gasteiger partial charge in [0.2, 0.25) is 5.91 Å². The number of anilines is 2. The highest BCUT2D eigenvalue weighted by Gasteiger charge is 2.39. The lowest BCUT2D eigenvalue weighted by Crippen LogP contribution is -2.62. The van der Waals surface area contributed by atoms with E-state index in [1.165, 1.54) is 0 Å². The van der Waals surface area contributed by atoms with Crippen LogP contribution in [-0.4, -0.2) is 41.6 Å². The number of carbonyl (C=O) groups is 1. The maximum atomic E-state index is 12.1. The van der Waals surface area contributed by atoms with Crippen LogP contribution in [0.25, 0.3) is 0 Å². The van der Waals surface area contributed by atoms with Crippen LogP contribution >= 0.6 is 0 Å². The topological polar surface area (TPSA) is 70.2 Å². The molecular weight excluding hydrogens is 254 g/mol. The summed E-state index contributed by atoms with van der Waals surface area (Å²) in [5.74, 6) is 1.75. The van der Waals surface area contributed by atoms with Gasteiger partial charge >= 0.3 is 0 Å². The molecule has 0 bridgehead atoms. The molecule has 0 radical (unpaired) electrons. The van der Waals surface area contributed by atoms with Crippen molar-refractivity contribution in [2.75, 3.05) is 30.4 Å². The molecule has 0 unspecified atom stereocenters. The summed E-state index contributed by atoms with van der Waals surface area (Å²) in [5, 5.41) is 6.03. The molecule has 1 aromatic heterocycles. The maximum Gasteiger partial charge on any atom is 0.245 e. The third kappa shape index (κ3) is 2.42. The zero-order valence-electron chi connectivity index (χ0n) is 12.7. The number of amides is 1. The minimum absolute atomic E-state index is 0.0378.